The van der Waals surface area contributed by atoms with Crippen LogP contribution in [0.25, 0.3) is 16.9 Å². The second-order valence-corrected chi connectivity index (χ2v) is 8.21. The first-order valence-corrected chi connectivity index (χ1v) is 11.0. The molecule has 36 heavy (non-hydrogen) atoms. The van der Waals surface area contributed by atoms with Gasteiger partial charge >= 0.3 is 0 Å². The van der Waals surface area contributed by atoms with Crippen molar-refractivity contribution in [2.75, 3.05) is 13.7 Å². The number of hydrogen-bond acceptors (Lipinski definition) is 8. The van der Waals surface area contributed by atoms with E-state index in [0.29, 0.717) is 17.3 Å². The van der Waals surface area contributed by atoms with Crippen molar-refractivity contribution in [1.29, 1.82) is 0 Å². The van der Waals surface area contributed by atoms with E-state index in [0.717, 1.165) is 12.1 Å². The Morgan fingerprint density at radius 2 is 1.89 bits per heavy atom. The minimum absolute atomic E-state index is 0.0228. The summed E-state index contributed by atoms with van der Waals surface area (Å²) in [5.74, 6) is -3.33. The van der Waals surface area contributed by atoms with Crippen LogP contribution >= 0.6 is 0 Å². The molecule has 1 fully saturated rings. The molecular formula is C23H21F3N6O4. The molecule has 0 aliphatic carbocycles. The van der Waals surface area contributed by atoms with Gasteiger partial charge in [-0.1, -0.05) is 17.3 Å². The van der Waals surface area contributed by atoms with Gasteiger partial charge in [-0.3, -0.25) is 4.57 Å². The number of halogens is 3. The third-order valence-electron chi connectivity index (χ3n) is 6.09. The number of ether oxygens (including phenoxy) is 2. The molecule has 10 nitrogen and oxygen atoms in total. The maximum absolute atomic E-state index is 13.7. The summed E-state index contributed by atoms with van der Waals surface area (Å²) in [6.45, 7) is -0.493. The third-order valence-corrected chi connectivity index (χ3v) is 6.09. The quantitative estimate of drug-likeness (QED) is 0.386. The van der Waals surface area contributed by atoms with Crippen molar-refractivity contribution in [2.45, 2.75) is 30.8 Å². The van der Waals surface area contributed by atoms with E-state index in [2.05, 4.69) is 20.5 Å². The molecule has 13 heteroatoms. The van der Waals surface area contributed by atoms with E-state index in [9.17, 15) is 23.4 Å². The van der Waals surface area contributed by atoms with Gasteiger partial charge in [-0.15, -0.1) is 15.3 Å². The Kier molecular flexibility index (Phi) is 6.43. The van der Waals surface area contributed by atoms with E-state index in [1.165, 1.54) is 24.3 Å². The lowest BCUT2D eigenvalue weighted by molar-refractivity contribution is -0.161. The van der Waals surface area contributed by atoms with Crippen LogP contribution in [-0.2, 0) is 4.74 Å². The molecule has 0 bridgehead atoms. The summed E-state index contributed by atoms with van der Waals surface area (Å²) in [6.07, 6.45) is 0.115. The van der Waals surface area contributed by atoms with Crippen molar-refractivity contribution in [1.82, 2.24) is 29.8 Å². The van der Waals surface area contributed by atoms with Crippen LogP contribution in [0.4, 0.5) is 13.2 Å². The van der Waals surface area contributed by atoms with Crippen molar-refractivity contribution >= 4 is 0 Å². The lowest BCUT2D eigenvalue weighted by Crippen LogP contribution is -2.45. The summed E-state index contributed by atoms with van der Waals surface area (Å²) in [5.41, 5.74) is 0.710. The van der Waals surface area contributed by atoms with E-state index in [1.807, 2.05) is 18.2 Å². The maximum Gasteiger partial charge on any atom is 0.194 e. The average Bonchev–Trinajstić information content (AvgIpc) is 3.57. The van der Waals surface area contributed by atoms with E-state index in [4.69, 9.17) is 9.47 Å². The van der Waals surface area contributed by atoms with Crippen LogP contribution in [0, 0.1) is 17.5 Å². The summed E-state index contributed by atoms with van der Waals surface area (Å²) in [6, 6.07) is 8.10. The first-order valence-electron chi connectivity index (χ1n) is 11.0. The Hall–Kier alpha value is -3.81. The Balaban J connectivity index is 1.48. The van der Waals surface area contributed by atoms with Crippen LogP contribution in [0.3, 0.4) is 0 Å². The van der Waals surface area contributed by atoms with Crippen molar-refractivity contribution in [2.24, 2.45) is 0 Å². The van der Waals surface area contributed by atoms with Crippen molar-refractivity contribution < 1.29 is 32.9 Å². The number of benzene rings is 2. The minimum atomic E-state index is -1.58. The van der Waals surface area contributed by atoms with E-state index >= 15 is 0 Å². The zero-order valence-corrected chi connectivity index (χ0v) is 18.9. The number of aliphatic hydroxyl groups is 2. The Bertz CT molecular complexity index is 1360. The Labute approximate surface area is 202 Å². The predicted octanol–water partition coefficient (Wildman–Crippen LogP) is 2.38. The van der Waals surface area contributed by atoms with Crippen LogP contribution in [-0.4, -0.2) is 65.9 Å². The molecule has 5 rings (SSSR count). The molecule has 0 saturated carbocycles. The maximum atomic E-state index is 13.7. The fourth-order valence-electron chi connectivity index (χ4n) is 4.29. The van der Waals surface area contributed by atoms with E-state index < -0.39 is 48.4 Å². The van der Waals surface area contributed by atoms with Crippen molar-refractivity contribution in [3.05, 3.63) is 72.2 Å². The summed E-state index contributed by atoms with van der Waals surface area (Å²) in [4.78, 5) is 0. The molecule has 3 heterocycles. The lowest BCUT2D eigenvalue weighted by atomic mass is 9.95. The highest BCUT2D eigenvalue weighted by Gasteiger charge is 2.41. The van der Waals surface area contributed by atoms with E-state index in [-0.39, 0.29) is 17.7 Å². The van der Waals surface area contributed by atoms with Crippen LogP contribution in [0.1, 0.15) is 24.4 Å². The van der Waals surface area contributed by atoms with Crippen LogP contribution in [0.5, 0.6) is 5.75 Å². The Morgan fingerprint density at radius 1 is 1.14 bits per heavy atom. The number of aromatic nitrogens is 6. The zero-order valence-electron chi connectivity index (χ0n) is 18.9. The average molecular weight is 502 g/mol. The van der Waals surface area contributed by atoms with Gasteiger partial charge in [0.05, 0.1) is 31.6 Å². The van der Waals surface area contributed by atoms with Gasteiger partial charge in [-0.25, -0.2) is 17.9 Å². The highest BCUT2D eigenvalue weighted by atomic mass is 19.2. The van der Waals surface area contributed by atoms with E-state index in [1.54, 1.807) is 10.6 Å². The molecular weight excluding hydrogens is 481 g/mol. The van der Waals surface area contributed by atoms with Gasteiger partial charge in [0, 0.05) is 12.0 Å². The second kappa shape index (κ2) is 9.68. The first kappa shape index (κ1) is 23.9. The third kappa shape index (κ3) is 4.21. The SMILES string of the molecule is COc1ccccc1-n1cnnc1C1CC(n2cc(-c3cc(F)c(F)c(F)c3)nn2)C(O)C(CO)O1. The molecule has 4 aromatic rings. The van der Waals surface area contributed by atoms with Gasteiger partial charge in [0.2, 0.25) is 0 Å². The Morgan fingerprint density at radius 3 is 2.61 bits per heavy atom. The first-order chi connectivity index (χ1) is 17.4. The number of para-hydroxylation sites is 2. The number of rotatable bonds is 6. The van der Waals surface area contributed by atoms with Gasteiger partial charge in [0.25, 0.3) is 0 Å². The zero-order chi connectivity index (χ0) is 25.4. The van der Waals surface area contributed by atoms with Crippen LogP contribution in [0.15, 0.2) is 48.9 Å². The molecule has 0 spiro atoms. The largest absolute Gasteiger partial charge is 0.495 e. The fraction of sp³-hybridized carbons (Fsp3) is 0.304. The lowest BCUT2D eigenvalue weighted by Gasteiger charge is -2.38. The molecule has 2 aromatic carbocycles. The molecule has 1 aliphatic rings. The standard InChI is InChI=1S/C23H21F3N6O4/c1-35-18-5-3-2-4-16(18)31-11-27-29-23(31)19-8-17(22(34)20(10-33)36-19)32-9-15(28-30-32)12-6-13(24)21(26)14(25)7-12/h2-7,9,11,17,19-20,22,33-34H,8,10H2,1H3. The van der Waals surface area contributed by atoms with Gasteiger partial charge in [-0.05, 0) is 24.3 Å². The highest BCUT2D eigenvalue weighted by molar-refractivity contribution is 5.58. The number of hydrogen-bond donors (Lipinski definition) is 2. The number of aliphatic hydroxyl groups excluding tert-OH is 2. The monoisotopic (exact) mass is 502 g/mol. The van der Waals surface area contributed by atoms with Gasteiger partial charge in [-0.2, -0.15) is 0 Å². The van der Waals surface area contributed by atoms with Gasteiger partial charge in [0.15, 0.2) is 23.3 Å². The van der Waals surface area contributed by atoms with Crippen LogP contribution in [0.2, 0.25) is 0 Å². The summed E-state index contributed by atoms with van der Waals surface area (Å²) in [7, 11) is 1.54. The molecule has 4 unspecified atom stereocenters. The predicted molar refractivity (Wildman–Crippen MR) is 118 cm³/mol. The highest BCUT2D eigenvalue weighted by Crippen LogP contribution is 2.38. The number of methoxy groups -OCH3 is 1. The number of nitrogens with zero attached hydrogens (tertiary/aromatic N) is 6. The topological polar surface area (TPSA) is 120 Å². The molecule has 1 saturated heterocycles. The molecule has 1 aliphatic heterocycles. The molecule has 0 amide bonds. The summed E-state index contributed by atoms with van der Waals surface area (Å²) < 4.78 is 55.2. The molecule has 0 radical (unpaired) electrons. The van der Waals surface area contributed by atoms with Crippen molar-refractivity contribution in [3.8, 4) is 22.7 Å². The van der Waals surface area contributed by atoms with Gasteiger partial charge < -0.3 is 19.7 Å². The smallest absolute Gasteiger partial charge is 0.194 e. The summed E-state index contributed by atoms with van der Waals surface area (Å²) >= 11 is 0. The van der Waals surface area contributed by atoms with Crippen molar-refractivity contribution in [3.63, 3.8) is 0 Å². The summed E-state index contributed by atoms with van der Waals surface area (Å²) in [5, 5.41) is 36.9. The molecule has 2 N–H and O–H groups in total. The van der Waals surface area contributed by atoms with Crippen LogP contribution < -0.4 is 4.74 Å². The van der Waals surface area contributed by atoms with Gasteiger partial charge in [0.1, 0.15) is 36.1 Å². The molecule has 4 atom stereocenters. The normalized spacial score (nSPS) is 22.1. The minimum Gasteiger partial charge on any atom is -0.495 e. The molecule has 188 valence electrons. The fourth-order valence-corrected chi connectivity index (χ4v) is 4.29. The molecule has 2 aromatic heterocycles. The second-order valence-electron chi connectivity index (χ2n) is 8.21.